The fourth-order valence-electron chi connectivity index (χ4n) is 3.06. The van der Waals surface area contributed by atoms with Crippen molar-refractivity contribution in [2.24, 2.45) is 0 Å². The van der Waals surface area contributed by atoms with Gasteiger partial charge in [-0.05, 0) is 26.8 Å². The van der Waals surface area contributed by atoms with Gasteiger partial charge in [0.25, 0.3) is 0 Å². The number of aromatic amines is 1. The topological polar surface area (TPSA) is 78.1 Å². The summed E-state index contributed by atoms with van der Waals surface area (Å²) in [5.41, 5.74) is 1.18. The van der Waals surface area contributed by atoms with Crippen LogP contribution in [0.4, 0.5) is 0 Å². The standard InChI is InChI=1S/C14H26N4O2S/c1-11-14(13(10-15-2)17-16-11)21(19,20)18(3)12-8-6-4-5-7-9-12/h12,15H,4-10H2,1-3H3,(H,16,17). The third-order valence-electron chi connectivity index (χ3n) is 4.28. The van der Waals surface area contributed by atoms with Crippen LogP contribution in [-0.4, -0.2) is 43.1 Å². The Morgan fingerprint density at radius 2 is 1.90 bits per heavy atom. The summed E-state index contributed by atoms with van der Waals surface area (Å²) in [6.07, 6.45) is 6.54. The van der Waals surface area contributed by atoms with Crippen LogP contribution >= 0.6 is 0 Å². The summed E-state index contributed by atoms with van der Waals surface area (Å²) in [5, 5.41) is 9.90. The summed E-state index contributed by atoms with van der Waals surface area (Å²) >= 11 is 0. The van der Waals surface area contributed by atoms with Crippen LogP contribution in [0.25, 0.3) is 0 Å². The Kier molecular flexibility index (Phi) is 5.40. The van der Waals surface area contributed by atoms with Gasteiger partial charge < -0.3 is 5.32 Å². The van der Waals surface area contributed by atoms with Crippen LogP contribution in [0.15, 0.2) is 4.90 Å². The zero-order valence-corrected chi connectivity index (χ0v) is 14.0. The molecule has 0 radical (unpaired) electrons. The van der Waals surface area contributed by atoms with Gasteiger partial charge in [0.1, 0.15) is 4.90 Å². The molecule has 120 valence electrons. The second-order valence-electron chi connectivity index (χ2n) is 5.82. The largest absolute Gasteiger partial charge is 0.314 e. The molecule has 0 spiro atoms. The van der Waals surface area contributed by atoms with Gasteiger partial charge in [0.05, 0.1) is 11.4 Å². The van der Waals surface area contributed by atoms with Gasteiger partial charge in [0.15, 0.2) is 0 Å². The Bertz CT molecular complexity index is 560. The summed E-state index contributed by atoms with van der Waals surface area (Å²) < 4.78 is 27.5. The zero-order chi connectivity index (χ0) is 15.5. The molecule has 0 saturated heterocycles. The van der Waals surface area contributed by atoms with E-state index in [0.717, 1.165) is 25.7 Å². The molecule has 0 aliphatic heterocycles. The Balaban J connectivity index is 2.30. The molecule has 21 heavy (non-hydrogen) atoms. The molecule has 2 rings (SSSR count). The average molecular weight is 314 g/mol. The van der Waals surface area contributed by atoms with Gasteiger partial charge in [0, 0.05) is 19.6 Å². The Hall–Kier alpha value is -0.920. The molecule has 0 aromatic carbocycles. The second kappa shape index (κ2) is 6.89. The molecule has 6 nitrogen and oxygen atoms in total. The van der Waals surface area contributed by atoms with E-state index in [1.54, 1.807) is 25.3 Å². The van der Waals surface area contributed by atoms with Gasteiger partial charge in [0.2, 0.25) is 10.0 Å². The molecule has 2 N–H and O–H groups in total. The van der Waals surface area contributed by atoms with E-state index in [1.807, 2.05) is 0 Å². The average Bonchev–Trinajstić information content (AvgIpc) is 2.67. The maximum Gasteiger partial charge on any atom is 0.246 e. The number of nitrogens with zero attached hydrogens (tertiary/aromatic N) is 2. The van der Waals surface area contributed by atoms with E-state index in [-0.39, 0.29) is 6.04 Å². The highest BCUT2D eigenvalue weighted by molar-refractivity contribution is 7.89. The van der Waals surface area contributed by atoms with Crippen molar-refractivity contribution in [1.82, 2.24) is 19.8 Å². The van der Waals surface area contributed by atoms with Crippen molar-refractivity contribution < 1.29 is 8.42 Å². The minimum atomic E-state index is -3.50. The van der Waals surface area contributed by atoms with Crippen molar-refractivity contribution in [3.8, 4) is 0 Å². The number of hydrogen-bond acceptors (Lipinski definition) is 4. The second-order valence-corrected chi connectivity index (χ2v) is 7.76. The molecule has 0 amide bonds. The quantitative estimate of drug-likeness (QED) is 0.812. The van der Waals surface area contributed by atoms with Crippen molar-refractivity contribution in [2.75, 3.05) is 14.1 Å². The number of aromatic nitrogens is 2. The van der Waals surface area contributed by atoms with E-state index >= 15 is 0 Å². The van der Waals surface area contributed by atoms with E-state index in [2.05, 4.69) is 15.5 Å². The first-order chi connectivity index (χ1) is 9.98. The number of nitrogens with one attached hydrogen (secondary N) is 2. The summed E-state index contributed by atoms with van der Waals surface area (Å²) in [7, 11) is 0.000954. The van der Waals surface area contributed by atoms with Crippen LogP contribution in [-0.2, 0) is 16.6 Å². The highest BCUT2D eigenvalue weighted by atomic mass is 32.2. The van der Waals surface area contributed by atoms with Crippen LogP contribution < -0.4 is 5.32 Å². The van der Waals surface area contributed by atoms with E-state index < -0.39 is 10.0 Å². The molecule has 0 bridgehead atoms. The summed E-state index contributed by atoms with van der Waals surface area (Å²) in [5.74, 6) is 0. The first kappa shape index (κ1) is 16.5. The lowest BCUT2D eigenvalue weighted by atomic mass is 10.1. The first-order valence-corrected chi connectivity index (χ1v) is 9.09. The zero-order valence-electron chi connectivity index (χ0n) is 13.1. The predicted molar refractivity (Wildman–Crippen MR) is 82.5 cm³/mol. The predicted octanol–water partition coefficient (Wildman–Crippen LogP) is 1.78. The number of sulfonamides is 1. The lowest BCUT2D eigenvalue weighted by molar-refractivity contribution is 0.335. The summed E-state index contributed by atoms with van der Waals surface area (Å²) in [6, 6.07) is 0.106. The van der Waals surface area contributed by atoms with E-state index in [0.29, 0.717) is 22.8 Å². The molecular weight excluding hydrogens is 288 g/mol. The maximum absolute atomic E-state index is 13.0. The van der Waals surface area contributed by atoms with Gasteiger partial charge in [-0.1, -0.05) is 25.7 Å². The fraction of sp³-hybridized carbons (Fsp3) is 0.786. The normalized spacial score (nSPS) is 18.1. The molecule has 7 heteroatoms. The minimum absolute atomic E-state index is 0.106. The van der Waals surface area contributed by atoms with Crippen LogP contribution in [0.5, 0.6) is 0 Å². The fourth-order valence-corrected chi connectivity index (χ4v) is 4.80. The number of H-pyrrole nitrogens is 1. The van der Waals surface area contributed by atoms with Crippen molar-refractivity contribution in [3.63, 3.8) is 0 Å². The van der Waals surface area contributed by atoms with E-state index in [1.165, 1.54) is 12.8 Å². The molecule has 1 aromatic rings. The third-order valence-corrected chi connectivity index (χ3v) is 6.40. The van der Waals surface area contributed by atoms with E-state index in [9.17, 15) is 8.42 Å². The number of hydrogen-bond donors (Lipinski definition) is 2. The summed E-state index contributed by atoms with van der Waals surface area (Å²) in [6.45, 7) is 2.21. The SMILES string of the molecule is CNCc1n[nH]c(C)c1S(=O)(=O)N(C)C1CCCCCC1. The van der Waals surface area contributed by atoms with Gasteiger partial charge in [-0.25, -0.2) is 8.42 Å². The van der Waals surface area contributed by atoms with Crippen molar-refractivity contribution in [1.29, 1.82) is 0 Å². The Labute approximate surface area is 127 Å². The third kappa shape index (κ3) is 3.46. The molecule has 1 aliphatic carbocycles. The maximum atomic E-state index is 13.0. The smallest absolute Gasteiger partial charge is 0.246 e. The van der Waals surface area contributed by atoms with Crippen molar-refractivity contribution in [3.05, 3.63) is 11.4 Å². The highest BCUT2D eigenvalue weighted by Crippen LogP contribution is 2.28. The van der Waals surface area contributed by atoms with Crippen LogP contribution in [0, 0.1) is 6.92 Å². The van der Waals surface area contributed by atoms with Crippen molar-refractivity contribution in [2.45, 2.75) is 62.9 Å². The van der Waals surface area contributed by atoms with Crippen molar-refractivity contribution >= 4 is 10.0 Å². The highest BCUT2D eigenvalue weighted by Gasteiger charge is 2.32. The van der Waals surface area contributed by atoms with E-state index in [4.69, 9.17) is 0 Å². The van der Waals surface area contributed by atoms with Crippen LogP contribution in [0.1, 0.15) is 49.9 Å². The lowest BCUT2D eigenvalue weighted by Gasteiger charge is -2.26. The summed E-state index contributed by atoms with van der Waals surface area (Å²) in [4.78, 5) is 0.337. The molecule has 1 aliphatic rings. The van der Waals surface area contributed by atoms with Gasteiger partial charge in [-0.15, -0.1) is 0 Å². The molecule has 1 heterocycles. The number of rotatable bonds is 5. The monoisotopic (exact) mass is 314 g/mol. The molecule has 0 unspecified atom stereocenters. The Morgan fingerprint density at radius 1 is 1.29 bits per heavy atom. The minimum Gasteiger partial charge on any atom is -0.314 e. The lowest BCUT2D eigenvalue weighted by Crippen LogP contribution is -2.37. The van der Waals surface area contributed by atoms with Crippen LogP contribution in [0.2, 0.25) is 0 Å². The first-order valence-electron chi connectivity index (χ1n) is 7.65. The number of aryl methyl sites for hydroxylation is 1. The molecular formula is C14H26N4O2S. The molecule has 1 saturated carbocycles. The van der Waals surface area contributed by atoms with Gasteiger partial charge in [-0.2, -0.15) is 9.40 Å². The Morgan fingerprint density at radius 3 is 2.48 bits per heavy atom. The molecule has 1 fully saturated rings. The van der Waals surface area contributed by atoms with Gasteiger partial charge >= 0.3 is 0 Å². The van der Waals surface area contributed by atoms with Gasteiger partial charge in [-0.3, -0.25) is 5.10 Å². The van der Waals surface area contributed by atoms with Crippen LogP contribution in [0.3, 0.4) is 0 Å². The molecule has 0 atom stereocenters. The molecule has 1 aromatic heterocycles.